The summed E-state index contributed by atoms with van der Waals surface area (Å²) in [7, 11) is 0. The minimum atomic E-state index is -0.428. The minimum Gasteiger partial charge on any atom is -0.337 e. The number of carbonyl (C=O) groups excluding carboxylic acids is 2. The van der Waals surface area contributed by atoms with Crippen LogP contribution in [-0.2, 0) is 11.3 Å². The molecular formula is C18H27N5O2S. The molecule has 1 aromatic heterocycles. The van der Waals surface area contributed by atoms with Crippen LogP contribution in [0.4, 0.5) is 4.79 Å². The zero-order chi connectivity index (χ0) is 18.4. The minimum absolute atomic E-state index is 0.154. The van der Waals surface area contributed by atoms with Gasteiger partial charge in [-0.3, -0.25) is 10.1 Å². The van der Waals surface area contributed by atoms with Gasteiger partial charge in [-0.25, -0.2) is 4.79 Å². The highest BCUT2D eigenvalue weighted by Crippen LogP contribution is 2.39. The van der Waals surface area contributed by atoms with E-state index >= 15 is 0 Å². The molecule has 0 atom stereocenters. The average Bonchev–Trinajstić information content (AvgIpc) is 3.40. The van der Waals surface area contributed by atoms with E-state index in [-0.39, 0.29) is 11.7 Å². The van der Waals surface area contributed by atoms with Crippen molar-refractivity contribution in [3.8, 4) is 0 Å². The van der Waals surface area contributed by atoms with Crippen molar-refractivity contribution in [1.82, 2.24) is 25.4 Å². The summed E-state index contributed by atoms with van der Waals surface area (Å²) >= 11 is 1.32. The number of hydrogen-bond acceptors (Lipinski definition) is 5. The van der Waals surface area contributed by atoms with Crippen LogP contribution in [0.2, 0.25) is 0 Å². The van der Waals surface area contributed by atoms with E-state index < -0.39 is 6.03 Å². The Kier molecular flexibility index (Phi) is 6.71. The molecule has 0 unspecified atom stereocenters. The van der Waals surface area contributed by atoms with E-state index in [1.54, 1.807) is 0 Å². The molecule has 26 heavy (non-hydrogen) atoms. The van der Waals surface area contributed by atoms with Crippen molar-refractivity contribution < 1.29 is 9.59 Å². The SMILES string of the molecule is CCn1c(SCC(=O)NC(=O)NCCC2=CCCCC2)nnc1C1CC1. The number of nitrogens with zero attached hydrogens (tertiary/aromatic N) is 3. The first-order chi connectivity index (χ1) is 12.7. The Bertz CT molecular complexity index is 681. The number of thioether (sulfide) groups is 1. The maximum atomic E-state index is 12.0. The van der Waals surface area contributed by atoms with Crippen LogP contribution in [0.3, 0.4) is 0 Å². The lowest BCUT2D eigenvalue weighted by Gasteiger charge is -2.13. The van der Waals surface area contributed by atoms with Crippen LogP contribution in [0.5, 0.6) is 0 Å². The molecule has 3 rings (SSSR count). The molecule has 1 heterocycles. The van der Waals surface area contributed by atoms with Crippen molar-refractivity contribution in [3.63, 3.8) is 0 Å². The van der Waals surface area contributed by atoms with Crippen LogP contribution < -0.4 is 10.6 Å². The predicted molar refractivity (Wildman–Crippen MR) is 101 cm³/mol. The molecule has 0 aromatic carbocycles. The fraction of sp³-hybridized carbons (Fsp3) is 0.667. The van der Waals surface area contributed by atoms with E-state index in [0.717, 1.165) is 36.8 Å². The molecule has 0 radical (unpaired) electrons. The van der Waals surface area contributed by atoms with Gasteiger partial charge in [0.15, 0.2) is 5.16 Å². The van der Waals surface area contributed by atoms with E-state index in [4.69, 9.17) is 0 Å². The van der Waals surface area contributed by atoms with Gasteiger partial charge >= 0.3 is 6.03 Å². The van der Waals surface area contributed by atoms with Crippen LogP contribution >= 0.6 is 11.8 Å². The molecular weight excluding hydrogens is 350 g/mol. The first-order valence-corrected chi connectivity index (χ1v) is 10.5. The zero-order valence-electron chi connectivity index (χ0n) is 15.3. The summed E-state index contributed by atoms with van der Waals surface area (Å²) in [6.45, 7) is 3.40. The third-order valence-electron chi connectivity index (χ3n) is 4.71. The van der Waals surface area contributed by atoms with E-state index in [1.807, 2.05) is 0 Å². The monoisotopic (exact) mass is 377 g/mol. The topological polar surface area (TPSA) is 88.9 Å². The van der Waals surface area contributed by atoms with Crippen molar-refractivity contribution in [2.24, 2.45) is 0 Å². The normalized spacial score (nSPS) is 16.9. The number of hydrogen-bond donors (Lipinski definition) is 2. The molecule has 1 aromatic rings. The number of rotatable bonds is 8. The average molecular weight is 378 g/mol. The molecule has 0 saturated heterocycles. The van der Waals surface area contributed by atoms with Crippen LogP contribution in [-0.4, -0.2) is 39.0 Å². The van der Waals surface area contributed by atoms with Crippen LogP contribution in [0, 0.1) is 0 Å². The van der Waals surface area contributed by atoms with E-state index in [2.05, 4.69) is 38.4 Å². The molecule has 0 aliphatic heterocycles. The molecule has 0 spiro atoms. The Morgan fingerprint density at radius 1 is 1.31 bits per heavy atom. The number of amides is 3. The highest BCUT2D eigenvalue weighted by Gasteiger charge is 2.30. The number of carbonyl (C=O) groups is 2. The molecule has 8 heteroatoms. The third-order valence-corrected chi connectivity index (χ3v) is 5.67. The standard InChI is InChI=1S/C18H27N5O2S/c1-2-23-16(14-8-9-14)21-22-18(23)26-12-15(24)20-17(25)19-11-10-13-6-4-3-5-7-13/h6,14H,2-5,7-12H2,1H3,(H2,19,20,24,25). The van der Waals surface area contributed by atoms with Gasteiger partial charge in [0, 0.05) is 19.0 Å². The second kappa shape index (κ2) is 9.21. The van der Waals surface area contributed by atoms with Crippen molar-refractivity contribution >= 4 is 23.7 Å². The maximum Gasteiger partial charge on any atom is 0.321 e. The van der Waals surface area contributed by atoms with Gasteiger partial charge in [0.2, 0.25) is 5.91 Å². The fourth-order valence-corrected chi connectivity index (χ4v) is 3.96. The smallest absolute Gasteiger partial charge is 0.321 e. The predicted octanol–water partition coefficient (Wildman–Crippen LogP) is 2.98. The summed E-state index contributed by atoms with van der Waals surface area (Å²) < 4.78 is 2.06. The van der Waals surface area contributed by atoms with E-state index in [9.17, 15) is 9.59 Å². The first-order valence-electron chi connectivity index (χ1n) is 9.49. The van der Waals surface area contributed by atoms with Gasteiger partial charge < -0.3 is 9.88 Å². The summed E-state index contributed by atoms with van der Waals surface area (Å²) in [5.74, 6) is 1.38. The molecule has 2 aliphatic rings. The number of imide groups is 1. The molecule has 2 aliphatic carbocycles. The van der Waals surface area contributed by atoms with Crippen molar-refractivity contribution in [2.45, 2.75) is 69.5 Å². The Morgan fingerprint density at radius 2 is 2.15 bits per heavy atom. The van der Waals surface area contributed by atoms with E-state index in [0.29, 0.717) is 12.5 Å². The van der Waals surface area contributed by atoms with Gasteiger partial charge in [-0.2, -0.15) is 0 Å². The van der Waals surface area contributed by atoms with Gasteiger partial charge in [-0.05, 0) is 51.9 Å². The molecule has 7 nitrogen and oxygen atoms in total. The highest BCUT2D eigenvalue weighted by molar-refractivity contribution is 7.99. The van der Waals surface area contributed by atoms with Crippen LogP contribution in [0.25, 0.3) is 0 Å². The molecule has 1 saturated carbocycles. The Morgan fingerprint density at radius 3 is 2.85 bits per heavy atom. The van der Waals surface area contributed by atoms with Gasteiger partial charge in [0.05, 0.1) is 5.75 Å². The first kappa shape index (κ1) is 18.9. The summed E-state index contributed by atoms with van der Waals surface area (Å²) in [6.07, 6.45) is 10.2. The summed E-state index contributed by atoms with van der Waals surface area (Å²) in [5.41, 5.74) is 1.41. The lowest BCUT2D eigenvalue weighted by Crippen LogP contribution is -2.40. The number of aromatic nitrogens is 3. The lowest BCUT2D eigenvalue weighted by molar-refractivity contribution is -0.117. The molecule has 142 valence electrons. The molecule has 2 N–H and O–H groups in total. The van der Waals surface area contributed by atoms with Gasteiger partial charge in [0.1, 0.15) is 5.82 Å². The molecule has 0 bridgehead atoms. The summed E-state index contributed by atoms with van der Waals surface area (Å²) in [4.78, 5) is 23.8. The maximum absolute atomic E-state index is 12.0. The van der Waals surface area contributed by atoms with Crippen molar-refractivity contribution in [3.05, 3.63) is 17.5 Å². The Hall–Kier alpha value is -1.83. The third kappa shape index (κ3) is 5.33. The number of urea groups is 1. The van der Waals surface area contributed by atoms with Crippen LogP contribution in [0.1, 0.15) is 63.6 Å². The van der Waals surface area contributed by atoms with Crippen LogP contribution in [0.15, 0.2) is 16.8 Å². The van der Waals surface area contributed by atoms with Gasteiger partial charge in [-0.15, -0.1) is 10.2 Å². The van der Waals surface area contributed by atoms with E-state index in [1.165, 1.54) is 43.0 Å². The second-order valence-corrected chi connectivity index (χ2v) is 7.75. The zero-order valence-corrected chi connectivity index (χ0v) is 16.1. The summed E-state index contributed by atoms with van der Waals surface area (Å²) in [6, 6.07) is -0.428. The van der Waals surface area contributed by atoms with Crippen molar-refractivity contribution in [2.75, 3.05) is 12.3 Å². The Balaban J connectivity index is 1.37. The quantitative estimate of drug-likeness (QED) is 0.537. The second-order valence-electron chi connectivity index (χ2n) is 6.81. The lowest BCUT2D eigenvalue weighted by atomic mass is 9.97. The molecule has 3 amide bonds. The molecule has 1 fully saturated rings. The Labute approximate surface area is 158 Å². The largest absolute Gasteiger partial charge is 0.337 e. The number of nitrogens with one attached hydrogen (secondary N) is 2. The fourth-order valence-electron chi connectivity index (χ4n) is 3.15. The summed E-state index contributed by atoms with van der Waals surface area (Å²) in [5, 5.41) is 14.3. The number of allylic oxidation sites excluding steroid dienone is 1. The van der Waals surface area contributed by atoms with Gasteiger partial charge in [0.25, 0.3) is 0 Å². The van der Waals surface area contributed by atoms with Crippen molar-refractivity contribution in [1.29, 1.82) is 0 Å². The highest BCUT2D eigenvalue weighted by atomic mass is 32.2. The van der Waals surface area contributed by atoms with Gasteiger partial charge in [-0.1, -0.05) is 23.4 Å².